The SMILES string of the molecule is O=C(Nc1ccc(Cl)c(C(F)(F)F)c1)c1cnco1. The van der Waals surface area contributed by atoms with Crippen LogP contribution in [0.3, 0.4) is 0 Å². The van der Waals surface area contributed by atoms with Crippen molar-refractivity contribution in [2.24, 2.45) is 0 Å². The molecule has 0 spiro atoms. The van der Waals surface area contributed by atoms with Gasteiger partial charge in [0.05, 0.1) is 16.8 Å². The molecule has 2 rings (SSSR count). The van der Waals surface area contributed by atoms with E-state index < -0.39 is 22.7 Å². The van der Waals surface area contributed by atoms with Crippen LogP contribution in [0, 0.1) is 0 Å². The number of nitrogens with zero attached hydrogens (tertiary/aromatic N) is 1. The Morgan fingerprint density at radius 3 is 2.68 bits per heavy atom. The Morgan fingerprint density at radius 2 is 2.11 bits per heavy atom. The molecule has 1 N–H and O–H groups in total. The second kappa shape index (κ2) is 4.93. The van der Waals surface area contributed by atoms with Crippen LogP contribution in [0.2, 0.25) is 5.02 Å². The zero-order valence-electron chi connectivity index (χ0n) is 9.16. The average molecular weight is 291 g/mol. The van der Waals surface area contributed by atoms with Gasteiger partial charge in [-0.3, -0.25) is 4.79 Å². The van der Waals surface area contributed by atoms with E-state index >= 15 is 0 Å². The highest BCUT2D eigenvalue weighted by atomic mass is 35.5. The first-order chi connectivity index (χ1) is 8.88. The van der Waals surface area contributed by atoms with Crippen molar-refractivity contribution in [3.8, 4) is 0 Å². The summed E-state index contributed by atoms with van der Waals surface area (Å²) in [5.41, 5.74) is -1.07. The molecule has 1 heterocycles. The van der Waals surface area contributed by atoms with Crippen molar-refractivity contribution in [1.29, 1.82) is 0 Å². The standard InChI is InChI=1S/C11H6ClF3N2O2/c12-8-2-1-6(3-7(8)11(13,14)15)17-10(18)9-4-16-5-19-9/h1-5H,(H,17,18). The van der Waals surface area contributed by atoms with E-state index in [4.69, 9.17) is 16.0 Å². The second-order valence-corrected chi connectivity index (χ2v) is 3.92. The Morgan fingerprint density at radius 1 is 1.37 bits per heavy atom. The third-order valence-corrected chi connectivity index (χ3v) is 2.52. The van der Waals surface area contributed by atoms with Crippen molar-refractivity contribution in [3.63, 3.8) is 0 Å². The maximum Gasteiger partial charge on any atom is 0.417 e. The number of benzene rings is 1. The molecule has 0 radical (unpaired) electrons. The van der Waals surface area contributed by atoms with Gasteiger partial charge >= 0.3 is 6.18 Å². The monoisotopic (exact) mass is 290 g/mol. The summed E-state index contributed by atoms with van der Waals surface area (Å²) in [6.45, 7) is 0. The molecule has 1 aromatic heterocycles. The Balaban J connectivity index is 2.25. The van der Waals surface area contributed by atoms with Gasteiger partial charge in [0.2, 0.25) is 5.76 Å². The third kappa shape index (κ3) is 3.05. The number of hydrogen-bond donors (Lipinski definition) is 1. The summed E-state index contributed by atoms with van der Waals surface area (Å²) in [4.78, 5) is 15.1. The van der Waals surface area contributed by atoms with Gasteiger partial charge in [-0.15, -0.1) is 0 Å². The molecule has 0 fully saturated rings. The summed E-state index contributed by atoms with van der Waals surface area (Å²) in [5.74, 6) is -0.809. The van der Waals surface area contributed by atoms with E-state index in [-0.39, 0.29) is 11.4 Å². The Kier molecular flexibility index (Phi) is 3.48. The summed E-state index contributed by atoms with van der Waals surface area (Å²) in [6, 6.07) is 3.06. The summed E-state index contributed by atoms with van der Waals surface area (Å²) in [5, 5.41) is 1.81. The summed E-state index contributed by atoms with van der Waals surface area (Å²) in [6.07, 6.45) is -2.40. The molecule has 19 heavy (non-hydrogen) atoms. The van der Waals surface area contributed by atoms with Gasteiger partial charge in [-0.1, -0.05) is 11.6 Å². The molecule has 8 heteroatoms. The molecule has 0 saturated heterocycles. The minimum absolute atomic E-state index is 0.0434. The predicted molar refractivity (Wildman–Crippen MR) is 60.9 cm³/mol. The number of aromatic nitrogens is 1. The van der Waals surface area contributed by atoms with E-state index in [0.717, 1.165) is 24.7 Å². The molecule has 1 aromatic carbocycles. The van der Waals surface area contributed by atoms with Gasteiger partial charge in [0.1, 0.15) is 0 Å². The first kappa shape index (κ1) is 13.4. The zero-order valence-corrected chi connectivity index (χ0v) is 9.92. The van der Waals surface area contributed by atoms with E-state index in [9.17, 15) is 18.0 Å². The van der Waals surface area contributed by atoms with Crippen LogP contribution in [-0.2, 0) is 6.18 Å². The molecule has 0 bridgehead atoms. The Bertz CT molecular complexity index is 596. The topological polar surface area (TPSA) is 55.1 Å². The molecule has 0 aliphatic rings. The van der Waals surface area contributed by atoms with Crippen molar-refractivity contribution >= 4 is 23.2 Å². The molecule has 0 atom stereocenters. The molecule has 1 amide bonds. The molecule has 0 saturated carbocycles. The summed E-state index contributed by atoms with van der Waals surface area (Å²) < 4.78 is 42.6. The fraction of sp³-hybridized carbons (Fsp3) is 0.0909. The average Bonchev–Trinajstić information content (AvgIpc) is 2.83. The number of anilines is 1. The quantitative estimate of drug-likeness (QED) is 0.919. The number of rotatable bonds is 2. The smallest absolute Gasteiger partial charge is 0.417 e. The lowest BCUT2D eigenvalue weighted by molar-refractivity contribution is -0.137. The molecule has 2 aromatic rings. The Labute approximate surface area is 110 Å². The minimum Gasteiger partial charge on any atom is -0.438 e. The van der Waals surface area contributed by atoms with Crippen molar-refractivity contribution in [1.82, 2.24) is 4.98 Å². The highest BCUT2D eigenvalue weighted by Gasteiger charge is 2.33. The maximum atomic E-state index is 12.6. The summed E-state index contributed by atoms with van der Waals surface area (Å²) >= 11 is 5.46. The number of hydrogen-bond acceptors (Lipinski definition) is 3. The lowest BCUT2D eigenvalue weighted by atomic mass is 10.2. The van der Waals surface area contributed by atoms with E-state index in [1.165, 1.54) is 6.07 Å². The van der Waals surface area contributed by atoms with Gasteiger partial charge in [-0.05, 0) is 18.2 Å². The molecule has 0 unspecified atom stereocenters. The maximum absolute atomic E-state index is 12.6. The number of nitrogens with one attached hydrogen (secondary N) is 1. The van der Waals surface area contributed by atoms with Crippen LogP contribution in [0.5, 0.6) is 0 Å². The van der Waals surface area contributed by atoms with Gasteiger partial charge in [-0.25, -0.2) is 4.98 Å². The largest absolute Gasteiger partial charge is 0.438 e. The number of halogens is 4. The van der Waals surface area contributed by atoms with Crippen LogP contribution in [-0.4, -0.2) is 10.9 Å². The van der Waals surface area contributed by atoms with Crippen LogP contribution >= 0.6 is 11.6 Å². The van der Waals surface area contributed by atoms with E-state index in [0.29, 0.717) is 0 Å². The fourth-order valence-electron chi connectivity index (χ4n) is 1.34. The number of oxazole rings is 1. The predicted octanol–water partition coefficient (Wildman–Crippen LogP) is 3.60. The lowest BCUT2D eigenvalue weighted by Gasteiger charge is -2.11. The molecule has 0 aliphatic heterocycles. The van der Waals surface area contributed by atoms with Crippen LogP contribution < -0.4 is 5.32 Å². The third-order valence-electron chi connectivity index (χ3n) is 2.19. The number of alkyl halides is 3. The highest BCUT2D eigenvalue weighted by Crippen LogP contribution is 2.36. The van der Waals surface area contributed by atoms with Crippen LogP contribution in [0.25, 0.3) is 0 Å². The zero-order chi connectivity index (χ0) is 14.0. The fourth-order valence-corrected chi connectivity index (χ4v) is 1.57. The van der Waals surface area contributed by atoms with E-state index in [1.807, 2.05) is 0 Å². The number of amides is 1. The van der Waals surface area contributed by atoms with Crippen molar-refractivity contribution in [2.75, 3.05) is 5.32 Å². The molecule has 100 valence electrons. The van der Waals surface area contributed by atoms with Gasteiger partial charge < -0.3 is 9.73 Å². The van der Waals surface area contributed by atoms with Crippen molar-refractivity contribution in [2.45, 2.75) is 6.18 Å². The number of carbonyl (C=O) groups excluding carboxylic acids is 1. The minimum atomic E-state index is -4.59. The van der Waals surface area contributed by atoms with Gasteiger partial charge in [-0.2, -0.15) is 13.2 Å². The molecular formula is C11H6ClF3N2O2. The normalized spacial score (nSPS) is 11.4. The Hall–Kier alpha value is -2.02. The van der Waals surface area contributed by atoms with Crippen molar-refractivity contribution < 1.29 is 22.4 Å². The van der Waals surface area contributed by atoms with Crippen LogP contribution in [0.1, 0.15) is 16.1 Å². The van der Waals surface area contributed by atoms with E-state index in [1.54, 1.807) is 0 Å². The van der Waals surface area contributed by atoms with Gasteiger partial charge in [0, 0.05) is 5.69 Å². The molecule has 0 aliphatic carbocycles. The number of carbonyl (C=O) groups is 1. The van der Waals surface area contributed by atoms with E-state index in [2.05, 4.69) is 10.3 Å². The van der Waals surface area contributed by atoms with Crippen molar-refractivity contribution in [3.05, 3.63) is 47.1 Å². The molecule has 4 nitrogen and oxygen atoms in total. The first-order valence-corrected chi connectivity index (χ1v) is 5.32. The van der Waals surface area contributed by atoms with Crippen LogP contribution in [0.4, 0.5) is 18.9 Å². The highest BCUT2D eigenvalue weighted by molar-refractivity contribution is 6.31. The first-order valence-electron chi connectivity index (χ1n) is 4.94. The second-order valence-electron chi connectivity index (χ2n) is 3.51. The van der Waals surface area contributed by atoms with Crippen LogP contribution in [0.15, 0.2) is 35.2 Å². The van der Waals surface area contributed by atoms with Gasteiger partial charge in [0.15, 0.2) is 6.39 Å². The lowest BCUT2D eigenvalue weighted by Crippen LogP contribution is -2.12. The van der Waals surface area contributed by atoms with Gasteiger partial charge in [0.25, 0.3) is 5.91 Å². The molecular weight excluding hydrogens is 285 g/mol. The summed E-state index contributed by atoms with van der Waals surface area (Å²) in [7, 11) is 0.